The van der Waals surface area contributed by atoms with Crippen LogP contribution in [0.3, 0.4) is 0 Å². The topological polar surface area (TPSA) is 54.4 Å². The fraction of sp³-hybridized carbons (Fsp3) is 0. The maximum atomic E-state index is 11.0. The summed E-state index contributed by atoms with van der Waals surface area (Å²) in [5.41, 5.74) is 0. The Morgan fingerprint density at radius 1 is 0.933 bits per heavy atom. The second-order valence-electron chi connectivity index (χ2n) is 2.95. The van der Waals surface area contributed by atoms with Crippen molar-refractivity contribution in [2.75, 3.05) is 0 Å². The van der Waals surface area contributed by atoms with Crippen molar-refractivity contribution in [3.63, 3.8) is 0 Å². The van der Waals surface area contributed by atoms with Gasteiger partial charge < -0.3 is 0 Å². The quantitative estimate of drug-likeness (QED) is 0.598. The van der Waals surface area contributed by atoms with E-state index in [0.29, 0.717) is 5.39 Å². The van der Waals surface area contributed by atoms with Gasteiger partial charge in [0.05, 0.1) is 0 Å². The third kappa shape index (κ3) is 2.59. The fourth-order valence-electron chi connectivity index (χ4n) is 1.42. The number of rotatable bonds is 1. The van der Waals surface area contributed by atoms with Gasteiger partial charge in [0.25, 0.3) is 10.1 Å². The zero-order valence-corrected chi connectivity index (χ0v) is 8.03. The Balaban J connectivity index is 0.00000112. The van der Waals surface area contributed by atoms with Gasteiger partial charge >= 0.3 is 29.6 Å². The first-order valence-electron chi connectivity index (χ1n) is 4.04. The molecule has 5 heteroatoms. The standard InChI is InChI=1S/C10H8O3S.Na.H/c11-14(12,13)10-7-3-5-8-4-1-2-6-9(8)10;;/h1-7H,(H,11,12,13);;. The molecule has 0 aliphatic rings. The number of benzene rings is 2. The second-order valence-corrected chi connectivity index (χ2v) is 4.34. The van der Waals surface area contributed by atoms with Crippen LogP contribution in [0.4, 0.5) is 0 Å². The summed E-state index contributed by atoms with van der Waals surface area (Å²) in [6, 6.07) is 11.8. The molecule has 0 atom stereocenters. The van der Waals surface area contributed by atoms with E-state index in [4.69, 9.17) is 4.55 Å². The molecule has 0 bridgehead atoms. The summed E-state index contributed by atoms with van der Waals surface area (Å²) in [5, 5.41) is 1.33. The van der Waals surface area contributed by atoms with Crippen LogP contribution in [0.2, 0.25) is 0 Å². The summed E-state index contributed by atoms with van der Waals surface area (Å²) in [4.78, 5) is -0.0457. The molecule has 1 N–H and O–H groups in total. The van der Waals surface area contributed by atoms with Gasteiger partial charge in [-0.3, -0.25) is 4.55 Å². The number of hydrogen-bond donors (Lipinski definition) is 1. The molecule has 0 amide bonds. The number of hydrogen-bond acceptors (Lipinski definition) is 2. The van der Waals surface area contributed by atoms with E-state index in [1.165, 1.54) is 6.07 Å². The molecule has 74 valence electrons. The summed E-state index contributed by atoms with van der Waals surface area (Å²) in [7, 11) is -4.13. The predicted octanol–water partition coefficient (Wildman–Crippen LogP) is 1.44. The maximum absolute atomic E-state index is 11.0. The Labute approximate surface area is 110 Å². The Kier molecular flexibility index (Phi) is 3.92. The summed E-state index contributed by atoms with van der Waals surface area (Å²) in [6.07, 6.45) is 0. The van der Waals surface area contributed by atoms with E-state index in [0.717, 1.165) is 5.39 Å². The molecule has 2 aromatic carbocycles. The van der Waals surface area contributed by atoms with Crippen LogP contribution in [0.25, 0.3) is 10.8 Å². The van der Waals surface area contributed by atoms with E-state index >= 15 is 0 Å². The van der Waals surface area contributed by atoms with E-state index in [9.17, 15) is 8.42 Å². The molecular formula is C10H9NaO3S. The van der Waals surface area contributed by atoms with Gasteiger partial charge in [-0.25, -0.2) is 0 Å². The van der Waals surface area contributed by atoms with Crippen LogP contribution in [0, 0.1) is 0 Å². The predicted molar refractivity (Wildman–Crippen MR) is 60.9 cm³/mol. The minimum atomic E-state index is -4.13. The first-order valence-corrected chi connectivity index (χ1v) is 5.48. The molecule has 0 aromatic heterocycles. The van der Waals surface area contributed by atoms with Gasteiger partial charge in [-0.05, 0) is 11.5 Å². The monoisotopic (exact) mass is 232 g/mol. The van der Waals surface area contributed by atoms with Crippen molar-refractivity contribution >= 4 is 50.4 Å². The zero-order valence-electron chi connectivity index (χ0n) is 7.21. The summed E-state index contributed by atoms with van der Waals surface area (Å²) in [5.74, 6) is 0. The van der Waals surface area contributed by atoms with Crippen molar-refractivity contribution in [2.24, 2.45) is 0 Å². The summed E-state index contributed by atoms with van der Waals surface area (Å²) >= 11 is 0. The molecule has 3 nitrogen and oxygen atoms in total. The molecule has 0 aliphatic heterocycles. The van der Waals surface area contributed by atoms with Crippen molar-refractivity contribution in [1.82, 2.24) is 0 Å². The van der Waals surface area contributed by atoms with Gasteiger partial charge in [-0.1, -0.05) is 36.4 Å². The molecule has 0 fully saturated rings. The van der Waals surface area contributed by atoms with E-state index in [1.54, 1.807) is 30.3 Å². The van der Waals surface area contributed by atoms with Crippen LogP contribution < -0.4 is 0 Å². The van der Waals surface area contributed by atoms with Crippen molar-refractivity contribution in [2.45, 2.75) is 4.90 Å². The molecule has 0 heterocycles. The molecule has 0 unspecified atom stereocenters. The van der Waals surface area contributed by atoms with E-state index in [1.807, 2.05) is 6.07 Å². The fourth-order valence-corrected chi connectivity index (χ4v) is 2.13. The van der Waals surface area contributed by atoms with Gasteiger partial charge in [-0.2, -0.15) is 8.42 Å². The van der Waals surface area contributed by atoms with E-state index in [2.05, 4.69) is 0 Å². The SMILES string of the molecule is O=S(=O)(O)c1cccc2ccccc12.[NaH]. The minimum absolute atomic E-state index is 0. The molecule has 0 radical (unpaired) electrons. The summed E-state index contributed by atoms with van der Waals surface area (Å²) < 4.78 is 31.0. The van der Waals surface area contributed by atoms with E-state index in [-0.39, 0.29) is 34.5 Å². The first kappa shape index (κ1) is 12.7. The van der Waals surface area contributed by atoms with Gasteiger partial charge in [0, 0.05) is 5.39 Å². The molecule has 2 rings (SSSR count). The Bertz CT molecular complexity index is 573. The van der Waals surface area contributed by atoms with Gasteiger partial charge in [0.1, 0.15) is 4.90 Å². The van der Waals surface area contributed by atoms with Crippen molar-refractivity contribution < 1.29 is 13.0 Å². The van der Waals surface area contributed by atoms with Crippen molar-refractivity contribution in [1.29, 1.82) is 0 Å². The Hall–Kier alpha value is -0.390. The van der Waals surface area contributed by atoms with Crippen molar-refractivity contribution in [3.05, 3.63) is 42.5 Å². The van der Waals surface area contributed by atoms with Crippen LogP contribution >= 0.6 is 0 Å². The molecule has 0 aliphatic carbocycles. The molecular weight excluding hydrogens is 223 g/mol. The van der Waals surface area contributed by atoms with Crippen LogP contribution in [0.5, 0.6) is 0 Å². The Morgan fingerprint density at radius 3 is 2.20 bits per heavy atom. The average Bonchev–Trinajstić information content (AvgIpc) is 2.15. The van der Waals surface area contributed by atoms with Crippen LogP contribution in [-0.4, -0.2) is 42.5 Å². The van der Waals surface area contributed by atoms with Crippen molar-refractivity contribution in [3.8, 4) is 0 Å². The average molecular weight is 232 g/mol. The van der Waals surface area contributed by atoms with E-state index < -0.39 is 10.1 Å². The zero-order chi connectivity index (χ0) is 10.2. The van der Waals surface area contributed by atoms with Crippen LogP contribution in [0.1, 0.15) is 0 Å². The Morgan fingerprint density at radius 2 is 1.53 bits per heavy atom. The first-order chi connectivity index (χ1) is 6.59. The van der Waals surface area contributed by atoms with Gasteiger partial charge in [0.2, 0.25) is 0 Å². The molecule has 0 saturated heterocycles. The van der Waals surface area contributed by atoms with Crippen LogP contribution in [-0.2, 0) is 10.1 Å². The molecule has 15 heavy (non-hydrogen) atoms. The third-order valence-corrected chi connectivity index (χ3v) is 2.94. The van der Waals surface area contributed by atoms with Gasteiger partial charge in [0.15, 0.2) is 0 Å². The number of fused-ring (bicyclic) bond motifs is 1. The third-order valence-electron chi connectivity index (χ3n) is 2.03. The normalized spacial score (nSPS) is 11.0. The molecule has 2 aromatic rings. The molecule has 0 spiro atoms. The summed E-state index contributed by atoms with van der Waals surface area (Å²) in [6.45, 7) is 0. The van der Waals surface area contributed by atoms with Gasteiger partial charge in [-0.15, -0.1) is 0 Å². The van der Waals surface area contributed by atoms with Crippen LogP contribution in [0.15, 0.2) is 47.4 Å². The molecule has 0 saturated carbocycles. The second kappa shape index (κ2) is 4.63.